The highest BCUT2D eigenvalue weighted by atomic mass is 19.1. The number of rotatable bonds is 0. The van der Waals surface area contributed by atoms with Crippen LogP contribution in [0.2, 0.25) is 0 Å². The zero-order valence-corrected chi connectivity index (χ0v) is 5.69. The number of nitrogens with two attached hydrogens (primary N) is 1. The van der Waals surface area contributed by atoms with E-state index in [1.54, 1.807) is 19.1 Å². The van der Waals surface area contributed by atoms with E-state index in [9.17, 15) is 4.39 Å². The molecular formula is C7H7BFN. The Morgan fingerprint density at radius 2 is 2.10 bits per heavy atom. The Morgan fingerprint density at radius 3 is 2.60 bits per heavy atom. The minimum atomic E-state index is -0.417. The van der Waals surface area contributed by atoms with Gasteiger partial charge in [0.15, 0.2) is 0 Å². The van der Waals surface area contributed by atoms with Crippen LogP contribution in [0.15, 0.2) is 12.1 Å². The van der Waals surface area contributed by atoms with E-state index in [1.165, 1.54) is 0 Å². The van der Waals surface area contributed by atoms with Crippen molar-refractivity contribution >= 4 is 19.0 Å². The fourth-order valence-corrected chi connectivity index (χ4v) is 0.717. The maximum absolute atomic E-state index is 12.8. The van der Waals surface area contributed by atoms with Crippen molar-refractivity contribution in [1.29, 1.82) is 0 Å². The van der Waals surface area contributed by atoms with Crippen molar-refractivity contribution in [2.75, 3.05) is 5.73 Å². The summed E-state index contributed by atoms with van der Waals surface area (Å²) in [4.78, 5) is 0. The van der Waals surface area contributed by atoms with Gasteiger partial charge in [0.2, 0.25) is 0 Å². The average molecular weight is 135 g/mol. The summed E-state index contributed by atoms with van der Waals surface area (Å²) in [7, 11) is 5.32. The van der Waals surface area contributed by atoms with Gasteiger partial charge in [-0.15, -0.1) is 0 Å². The van der Waals surface area contributed by atoms with Crippen LogP contribution in [0.3, 0.4) is 0 Å². The van der Waals surface area contributed by atoms with Gasteiger partial charge < -0.3 is 5.73 Å². The van der Waals surface area contributed by atoms with Crippen LogP contribution < -0.4 is 11.2 Å². The monoisotopic (exact) mass is 135 g/mol. The molecule has 0 spiro atoms. The molecule has 0 aliphatic rings. The fourth-order valence-electron chi connectivity index (χ4n) is 0.717. The van der Waals surface area contributed by atoms with Crippen molar-refractivity contribution in [3.05, 3.63) is 23.5 Å². The van der Waals surface area contributed by atoms with Crippen molar-refractivity contribution in [2.45, 2.75) is 6.92 Å². The normalized spacial score (nSPS) is 9.80. The minimum Gasteiger partial charge on any atom is -0.397 e. The Bertz CT molecular complexity index is 233. The summed E-state index contributed by atoms with van der Waals surface area (Å²) in [6.07, 6.45) is 0. The Kier molecular flexibility index (Phi) is 1.66. The highest BCUT2D eigenvalue weighted by molar-refractivity contribution is 6.35. The lowest BCUT2D eigenvalue weighted by molar-refractivity contribution is 0.624. The predicted octanol–water partition coefficient (Wildman–Crippen LogP) is 0.510. The van der Waals surface area contributed by atoms with Crippen molar-refractivity contribution in [1.82, 2.24) is 0 Å². The van der Waals surface area contributed by atoms with Gasteiger partial charge in [0.1, 0.15) is 13.7 Å². The summed E-state index contributed by atoms with van der Waals surface area (Å²) < 4.78 is 12.8. The third-order valence-electron chi connectivity index (χ3n) is 1.41. The van der Waals surface area contributed by atoms with Gasteiger partial charge in [-0.2, -0.15) is 0 Å². The molecule has 2 N–H and O–H groups in total. The molecule has 0 bridgehead atoms. The van der Waals surface area contributed by atoms with Crippen LogP contribution in [0, 0.1) is 12.7 Å². The van der Waals surface area contributed by atoms with Crippen LogP contribution >= 0.6 is 0 Å². The van der Waals surface area contributed by atoms with E-state index < -0.39 is 5.82 Å². The molecule has 0 aliphatic heterocycles. The van der Waals surface area contributed by atoms with Gasteiger partial charge in [-0.25, -0.2) is 4.39 Å². The molecule has 3 heteroatoms. The van der Waals surface area contributed by atoms with Crippen molar-refractivity contribution < 1.29 is 4.39 Å². The summed E-state index contributed by atoms with van der Waals surface area (Å²) in [5.41, 5.74) is 6.14. The molecule has 0 fully saturated rings. The lowest BCUT2D eigenvalue weighted by atomic mass is 9.93. The Labute approximate surface area is 60.5 Å². The Balaban J connectivity index is 3.34. The van der Waals surface area contributed by atoms with Crippen molar-refractivity contribution in [3.63, 3.8) is 0 Å². The number of hydrogen-bond acceptors (Lipinski definition) is 1. The van der Waals surface area contributed by atoms with E-state index in [0.717, 1.165) is 0 Å². The highest BCUT2D eigenvalue weighted by Gasteiger charge is 2.02. The van der Waals surface area contributed by atoms with Gasteiger partial charge in [0.25, 0.3) is 0 Å². The summed E-state index contributed by atoms with van der Waals surface area (Å²) in [5.74, 6) is -0.417. The zero-order valence-electron chi connectivity index (χ0n) is 5.69. The number of aryl methyl sites for hydroxylation is 1. The molecule has 0 atom stereocenters. The third-order valence-corrected chi connectivity index (χ3v) is 1.41. The largest absolute Gasteiger partial charge is 0.397 e. The van der Waals surface area contributed by atoms with Crippen LogP contribution in [-0.4, -0.2) is 7.85 Å². The van der Waals surface area contributed by atoms with Crippen LogP contribution in [0.1, 0.15) is 5.56 Å². The second kappa shape index (κ2) is 2.33. The van der Waals surface area contributed by atoms with E-state index in [4.69, 9.17) is 13.6 Å². The van der Waals surface area contributed by atoms with Gasteiger partial charge in [0, 0.05) is 0 Å². The summed E-state index contributed by atoms with van der Waals surface area (Å²) in [5, 5.41) is 0. The lowest BCUT2D eigenvalue weighted by Gasteiger charge is -2.02. The molecule has 0 saturated carbocycles. The lowest BCUT2D eigenvalue weighted by Crippen LogP contribution is -2.12. The van der Waals surface area contributed by atoms with E-state index >= 15 is 0 Å². The second-order valence-corrected chi connectivity index (χ2v) is 2.20. The predicted molar refractivity (Wildman–Crippen MR) is 40.9 cm³/mol. The third kappa shape index (κ3) is 0.990. The highest BCUT2D eigenvalue weighted by Crippen LogP contribution is 2.09. The van der Waals surface area contributed by atoms with Gasteiger partial charge in [-0.1, -0.05) is 17.6 Å². The van der Waals surface area contributed by atoms with Crippen molar-refractivity contribution in [3.8, 4) is 0 Å². The Morgan fingerprint density at radius 1 is 1.50 bits per heavy atom. The van der Waals surface area contributed by atoms with Crippen molar-refractivity contribution in [2.24, 2.45) is 0 Å². The smallest absolute Gasteiger partial charge is 0.148 e. The Hall–Kier alpha value is -0.985. The molecule has 0 unspecified atom stereocenters. The molecule has 1 nitrogen and oxygen atoms in total. The molecule has 0 saturated heterocycles. The number of hydrogen-bond donors (Lipinski definition) is 1. The van der Waals surface area contributed by atoms with E-state index in [-0.39, 0.29) is 5.69 Å². The molecule has 1 aromatic rings. The molecule has 1 aromatic carbocycles. The summed E-state index contributed by atoms with van der Waals surface area (Å²) in [6, 6.07) is 3.19. The maximum Gasteiger partial charge on any atom is 0.148 e. The first-order valence-electron chi connectivity index (χ1n) is 2.93. The molecule has 1 rings (SSSR count). The van der Waals surface area contributed by atoms with Crippen LogP contribution in [0.4, 0.5) is 10.1 Å². The SMILES string of the molecule is [B]c1ccc(C)c(F)c1N. The molecule has 0 aromatic heterocycles. The molecule has 50 valence electrons. The first-order chi connectivity index (χ1) is 4.63. The second-order valence-electron chi connectivity index (χ2n) is 2.20. The molecule has 0 amide bonds. The molecule has 2 radical (unpaired) electrons. The van der Waals surface area contributed by atoms with Gasteiger partial charge in [0.05, 0.1) is 5.69 Å². The standard InChI is InChI=1S/C7H7BFN/c1-4-2-3-5(8)7(10)6(4)9/h2-3H,10H2,1H3. The molecular weight excluding hydrogens is 128 g/mol. The number of nitrogen functional groups attached to an aromatic ring is 1. The van der Waals surface area contributed by atoms with E-state index in [0.29, 0.717) is 11.0 Å². The summed E-state index contributed by atoms with van der Waals surface area (Å²) in [6.45, 7) is 1.64. The number of anilines is 1. The molecule has 0 aliphatic carbocycles. The first kappa shape index (κ1) is 7.13. The quantitative estimate of drug-likeness (QED) is 0.407. The van der Waals surface area contributed by atoms with Gasteiger partial charge in [-0.05, 0) is 12.5 Å². The number of benzene rings is 1. The fraction of sp³-hybridized carbons (Fsp3) is 0.143. The number of halogens is 1. The molecule has 0 heterocycles. The maximum atomic E-state index is 12.8. The van der Waals surface area contributed by atoms with Crippen LogP contribution in [0.25, 0.3) is 0 Å². The van der Waals surface area contributed by atoms with Crippen LogP contribution in [-0.2, 0) is 0 Å². The zero-order chi connectivity index (χ0) is 7.72. The average Bonchev–Trinajstić information content (AvgIpc) is 1.93. The van der Waals surface area contributed by atoms with Crippen LogP contribution in [0.5, 0.6) is 0 Å². The molecule has 10 heavy (non-hydrogen) atoms. The van der Waals surface area contributed by atoms with E-state index in [1.807, 2.05) is 0 Å². The van der Waals surface area contributed by atoms with Gasteiger partial charge >= 0.3 is 0 Å². The topological polar surface area (TPSA) is 26.0 Å². The first-order valence-corrected chi connectivity index (χ1v) is 2.93. The minimum absolute atomic E-state index is 0.0417. The summed E-state index contributed by atoms with van der Waals surface area (Å²) >= 11 is 0. The van der Waals surface area contributed by atoms with E-state index in [2.05, 4.69) is 0 Å². The van der Waals surface area contributed by atoms with Gasteiger partial charge in [-0.3, -0.25) is 0 Å².